The summed E-state index contributed by atoms with van der Waals surface area (Å²) in [6, 6.07) is 0.615. The van der Waals surface area contributed by atoms with Gasteiger partial charge in [-0.3, -0.25) is 0 Å². The monoisotopic (exact) mass is 112 g/mol. The molecule has 0 bridgehead atoms. The minimum atomic E-state index is 0.615. The molecule has 1 rings (SSSR count). The van der Waals surface area contributed by atoms with Gasteiger partial charge in [0.1, 0.15) is 6.04 Å². The molecule has 0 heterocycles. The second kappa shape index (κ2) is 2.31. The van der Waals surface area contributed by atoms with Gasteiger partial charge in [0.15, 0.2) is 0 Å². The first-order chi connectivity index (χ1) is 3.80. The van der Waals surface area contributed by atoms with Crippen LogP contribution < -0.4 is 5.73 Å². The van der Waals surface area contributed by atoms with Crippen molar-refractivity contribution < 1.29 is 5.73 Å². The first-order valence-electron chi connectivity index (χ1n) is 3.30. The Morgan fingerprint density at radius 2 is 2.50 bits per heavy atom. The lowest BCUT2D eigenvalue weighted by Crippen LogP contribution is -2.61. The Morgan fingerprint density at radius 3 is 2.88 bits per heavy atom. The molecular formula is C7H14N+. The molecule has 1 heteroatoms. The molecule has 0 aromatic carbocycles. The van der Waals surface area contributed by atoms with Gasteiger partial charge in [0, 0.05) is 6.42 Å². The van der Waals surface area contributed by atoms with Crippen molar-refractivity contribution in [3.63, 3.8) is 0 Å². The van der Waals surface area contributed by atoms with Crippen molar-refractivity contribution in [1.82, 2.24) is 0 Å². The van der Waals surface area contributed by atoms with Crippen LogP contribution in [0.2, 0.25) is 0 Å². The van der Waals surface area contributed by atoms with E-state index in [0.29, 0.717) is 6.04 Å². The van der Waals surface area contributed by atoms with Gasteiger partial charge in [-0.15, -0.1) is 0 Å². The zero-order valence-corrected chi connectivity index (χ0v) is 5.48. The molecule has 1 atom stereocenters. The summed E-state index contributed by atoms with van der Waals surface area (Å²) in [5.41, 5.74) is 5.49. The number of hydrogen-bond acceptors (Lipinski definition) is 0. The van der Waals surface area contributed by atoms with Gasteiger partial charge in [-0.05, 0) is 25.3 Å². The first-order valence-corrected chi connectivity index (χ1v) is 3.30. The lowest BCUT2D eigenvalue weighted by Gasteiger charge is -2.12. The van der Waals surface area contributed by atoms with Crippen LogP contribution in [0.25, 0.3) is 0 Å². The maximum atomic E-state index is 4.01. The van der Waals surface area contributed by atoms with Gasteiger partial charge < -0.3 is 5.73 Å². The zero-order chi connectivity index (χ0) is 5.98. The van der Waals surface area contributed by atoms with Crippen molar-refractivity contribution >= 4 is 0 Å². The Labute approximate surface area is 50.6 Å². The average molecular weight is 112 g/mol. The summed E-state index contributed by atoms with van der Waals surface area (Å²) in [4.78, 5) is 0. The van der Waals surface area contributed by atoms with Crippen LogP contribution in [0.3, 0.4) is 0 Å². The van der Waals surface area contributed by atoms with E-state index < -0.39 is 0 Å². The van der Waals surface area contributed by atoms with Gasteiger partial charge in [-0.25, -0.2) is 0 Å². The van der Waals surface area contributed by atoms with Crippen molar-refractivity contribution in [1.29, 1.82) is 0 Å². The SMILES string of the molecule is CC1=CCCCC1[NH3+]. The van der Waals surface area contributed by atoms with Crippen LogP contribution in [-0.4, -0.2) is 6.04 Å². The van der Waals surface area contributed by atoms with Gasteiger partial charge in [0.05, 0.1) is 0 Å². The number of allylic oxidation sites excluding steroid dienone is 1. The molecule has 46 valence electrons. The van der Waals surface area contributed by atoms with Crippen LogP contribution in [0.1, 0.15) is 26.2 Å². The predicted molar refractivity (Wildman–Crippen MR) is 34.3 cm³/mol. The topological polar surface area (TPSA) is 27.6 Å². The minimum absolute atomic E-state index is 0.615. The van der Waals surface area contributed by atoms with Crippen molar-refractivity contribution in [3.05, 3.63) is 11.6 Å². The summed E-state index contributed by atoms with van der Waals surface area (Å²) in [6.45, 7) is 2.18. The third kappa shape index (κ3) is 1.10. The molecule has 8 heavy (non-hydrogen) atoms. The van der Waals surface area contributed by atoms with Crippen LogP contribution in [0.5, 0.6) is 0 Å². The van der Waals surface area contributed by atoms with Gasteiger partial charge in [0.25, 0.3) is 0 Å². The Balaban J connectivity index is 2.53. The molecule has 0 saturated heterocycles. The van der Waals surface area contributed by atoms with Crippen LogP contribution in [0.15, 0.2) is 11.6 Å². The fraction of sp³-hybridized carbons (Fsp3) is 0.714. The second-order valence-corrected chi connectivity index (χ2v) is 2.58. The quantitative estimate of drug-likeness (QED) is 0.447. The molecule has 0 radical (unpaired) electrons. The van der Waals surface area contributed by atoms with E-state index >= 15 is 0 Å². The second-order valence-electron chi connectivity index (χ2n) is 2.58. The molecule has 0 aromatic heterocycles. The summed E-state index contributed by atoms with van der Waals surface area (Å²) in [6.07, 6.45) is 6.22. The fourth-order valence-electron chi connectivity index (χ4n) is 1.09. The highest BCUT2D eigenvalue weighted by molar-refractivity contribution is 5.06. The van der Waals surface area contributed by atoms with Crippen LogP contribution in [-0.2, 0) is 0 Å². The molecule has 3 N–H and O–H groups in total. The lowest BCUT2D eigenvalue weighted by atomic mass is 9.96. The van der Waals surface area contributed by atoms with Crippen molar-refractivity contribution in [2.45, 2.75) is 32.2 Å². The molecule has 0 spiro atoms. The average Bonchev–Trinajstić information content (AvgIpc) is 1.77. The van der Waals surface area contributed by atoms with Crippen LogP contribution in [0, 0.1) is 0 Å². The third-order valence-electron chi connectivity index (χ3n) is 1.87. The Morgan fingerprint density at radius 1 is 1.75 bits per heavy atom. The maximum Gasteiger partial charge on any atom is 0.106 e. The first kappa shape index (κ1) is 5.83. The van der Waals surface area contributed by atoms with E-state index in [1.165, 1.54) is 24.8 Å². The molecule has 0 aliphatic heterocycles. The van der Waals surface area contributed by atoms with Gasteiger partial charge >= 0.3 is 0 Å². The van der Waals surface area contributed by atoms with Crippen molar-refractivity contribution in [3.8, 4) is 0 Å². The number of quaternary nitrogens is 1. The molecule has 1 aliphatic rings. The van der Waals surface area contributed by atoms with E-state index in [-0.39, 0.29) is 0 Å². The molecule has 0 aromatic rings. The highest BCUT2D eigenvalue weighted by Gasteiger charge is 2.10. The summed E-state index contributed by atoms with van der Waals surface area (Å²) >= 11 is 0. The largest absolute Gasteiger partial charge is 0.352 e. The fourth-order valence-corrected chi connectivity index (χ4v) is 1.09. The Kier molecular flexibility index (Phi) is 1.69. The van der Waals surface area contributed by atoms with E-state index in [9.17, 15) is 0 Å². The third-order valence-corrected chi connectivity index (χ3v) is 1.87. The van der Waals surface area contributed by atoms with E-state index in [1.54, 1.807) is 0 Å². The normalized spacial score (nSPS) is 29.8. The highest BCUT2D eigenvalue weighted by atomic mass is 14.6. The summed E-state index contributed by atoms with van der Waals surface area (Å²) < 4.78 is 0. The molecule has 0 saturated carbocycles. The molecular weight excluding hydrogens is 98.1 g/mol. The number of rotatable bonds is 0. The molecule has 0 fully saturated rings. The van der Waals surface area contributed by atoms with E-state index in [2.05, 4.69) is 18.7 Å². The standard InChI is InChI=1S/C7H13N/c1-6-4-2-3-5-7(6)8/h4,7H,2-3,5,8H2,1H3/p+1. The minimum Gasteiger partial charge on any atom is -0.352 e. The van der Waals surface area contributed by atoms with Crippen LogP contribution in [0.4, 0.5) is 0 Å². The van der Waals surface area contributed by atoms with E-state index in [0.717, 1.165) is 0 Å². The smallest absolute Gasteiger partial charge is 0.106 e. The van der Waals surface area contributed by atoms with Gasteiger partial charge in [0.2, 0.25) is 0 Å². The predicted octanol–water partition coefficient (Wildman–Crippen LogP) is 0.727. The summed E-state index contributed by atoms with van der Waals surface area (Å²) in [5.74, 6) is 0. The highest BCUT2D eigenvalue weighted by Crippen LogP contribution is 2.13. The maximum absolute atomic E-state index is 4.01. The number of hydrogen-bond donors (Lipinski definition) is 1. The van der Waals surface area contributed by atoms with Gasteiger partial charge in [-0.2, -0.15) is 0 Å². The Hall–Kier alpha value is -0.300. The molecule has 1 nitrogen and oxygen atoms in total. The van der Waals surface area contributed by atoms with E-state index in [1.807, 2.05) is 0 Å². The van der Waals surface area contributed by atoms with Crippen molar-refractivity contribution in [2.24, 2.45) is 0 Å². The Bertz CT molecular complexity index is 105. The summed E-state index contributed by atoms with van der Waals surface area (Å²) in [7, 11) is 0. The van der Waals surface area contributed by atoms with Gasteiger partial charge in [-0.1, -0.05) is 6.08 Å². The zero-order valence-electron chi connectivity index (χ0n) is 5.48. The molecule has 1 aliphatic carbocycles. The molecule has 1 unspecified atom stereocenters. The van der Waals surface area contributed by atoms with Crippen molar-refractivity contribution in [2.75, 3.05) is 0 Å². The lowest BCUT2D eigenvalue weighted by molar-refractivity contribution is -0.409. The summed E-state index contributed by atoms with van der Waals surface area (Å²) in [5, 5.41) is 0. The van der Waals surface area contributed by atoms with Crippen LogP contribution >= 0.6 is 0 Å². The molecule has 0 amide bonds. The van der Waals surface area contributed by atoms with E-state index in [4.69, 9.17) is 0 Å².